The third kappa shape index (κ3) is 5.13. The van der Waals surface area contributed by atoms with Crippen LogP contribution in [-0.2, 0) is 22.1 Å². The molecular formula is C20H19F3N4O2. The van der Waals surface area contributed by atoms with Gasteiger partial charge in [0.1, 0.15) is 0 Å². The molecule has 0 saturated heterocycles. The number of nitrogens with zero attached hydrogens (tertiary/aromatic N) is 3. The Morgan fingerprint density at radius 2 is 2.00 bits per heavy atom. The predicted octanol–water partition coefficient (Wildman–Crippen LogP) is 4.44. The van der Waals surface area contributed by atoms with Gasteiger partial charge < -0.3 is 10.1 Å². The first-order chi connectivity index (χ1) is 13.8. The third-order valence-electron chi connectivity index (χ3n) is 4.18. The molecule has 0 aliphatic rings. The van der Waals surface area contributed by atoms with Gasteiger partial charge >= 0.3 is 12.1 Å². The van der Waals surface area contributed by atoms with Crippen LogP contribution in [0, 0.1) is 6.92 Å². The van der Waals surface area contributed by atoms with Crippen LogP contribution in [0.15, 0.2) is 48.7 Å². The minimum absolute atomic E-state index is 0.148. The maximum Gasteiger partial charge on any atom is 0.416 e. The Morgan fingerprint density at radius 1 is 1.21 bits per heavy atom. The third-order valence-corrected chi connectivity index (χ3v) is 4.18. The average Bonchev–Trinajstić information content (AvgIpc) is 3.08. The largest absolute Gasteiger partial charge is 0.469 e. The van der Waals surface area contributed by atoms with E-state index in [9.17, 15) is 18.0 Å². The van der Waals surface area contributed by atoms with Crippen LogP contribution in [0.5, 0.6) is 0 Å². The second kappa shape index (κ2) is 8.34. The van der Waals surface area contributed by atoms with E-state index in [1.807, 2.05) is 13.0 Å². The van der Waals surface area contributed by atoms with Gasteiger partial charge in [0.2, 0.25) is 0 Å². The maximum atomic E-state index is 12.9. The number of alkyl halides is 3. The van der Waals surface area contributed by atoms with E-state index in [1.54, 1.807) is 23.0 Å². The van der Waals surface area contributed by atoms with Crippen LogP contribution in [0.4, 0.5) is 24.7 Å². The summed E-state index contributed by atoms with van der Waals surface area (Å²) in [4.78, 5) is 15.7. The molecular weight excluding hydrogens is 385 g/mol. The molecule has 29 heavy (non-hydrogen) atoms. The Hall–Kier alpha value is -3.36. The van der Waals surface area contributed by atoms with E-state index in [2.05, 4.69) is 20.1 Å². The SMILES string of the molecule is COC(=O)CCc1cc(Nc2cccc(C(F)(F)F)c2)nn1-c1ccnc(C)c1. The lowest BCUT2D eigenvalue weighted by Gasteiger charge is -2.09. The number of rotatable bonds is 6. The lowest BCUT2D eigenvalue weighted by molar-refractivity contribution is -0.140. The van der Waals surface area contributed by atoms with Gasteiger partial charge in [-0.05, 0) is 37.3 Å². The smallest absolute Gasteiger partial charge is 0.416 e. The summed E-state index contributed by atoms with van der Waals surface area (Å²) >= 11 is 0. The zero-order valence-corrected chi connectivity index (χ0v) is 15.8. The number of esters is 1. The van der Waals surface area contributed by atoms with Crippen LogP contribution in [0.2, 0.25) is 0 Å². The second-order valence-electron chi connectivity index (χ2n) is 6.37. The molecule has 0 aliphatic heterocycles. The van der Waals surface area contributed by atoms with E-state index >= 15 is 0 Å². The number of ether oxygens (including phenoxy) is 1. The standard InChI is InChI=1S/C20H19F3N4O2/c1-13-10-17(8-9-24-13)27-16(6-7-19(28)29-2)12-18(26-27)25-15-5-3-4-14(11-15)20(21,22)23/h3-5,8-12H,6-7H2,1-2H3,(H,25,26). The number of pyridine rings is 1. The Balaban J connectivity index is 1.92. The van der Waals surface area contributed by atoms with Crippen molar-refractivity contribution in [3.8, 4) is 5.69 Å². The van der Waals surface area contributed by atoms with Crippen molar-refractivity contribution in [2.24, 2.45) is 0 Å². The first-order valence-electron chi connectivity index (χ1n) is 8.79. The van der Waals surface area contributed by atoms with Crippen molar-refractivity contribution < 1.29 is 22.7 Å². The van der Waals surface area contributed by atoms with Gasteiger partial charge in [-0.1, -0.05) is 6.07 Å². The fraction of sp³-hybridized carbons (Fsp3) is 0.250. The summed E-state index contributed by atoms with van der Waals surface area (Å²) in [5.41, 5.74) is 1.72. The van der Waals surface area contributed by atoms with E-state index in [4.69, 9.17) is 0 Å². The lowest BCUT2D eigenvalue weighted by atomic mass is 10.2. The van der Waals surface area contributed by atoms with Crippen molar-refractivity contribution in [2.45, 2.75) is 25.9 Å². The summed E-state index contributed by atoms with van der Waals surface area (Å²) in [6.45, 7) is 1.84. The van der Waals surface area contributed by atoms with Gasteiger partial charge in [0, 0.05) is 35.8 Å². The van der Waals surface area contributed by atoms with Crippen molar-refractivity contribution in [3.63, 3.8) is 0 Å². The highest BCUT2D eigenvalue weighted by Crippen LogP contribution is 2.31. The number of carbonyl (C=O) groups is 1. The number of hydrogen-bond acceptors (Lipinski definition) is 5. The maximum absolute atomic E-state index is 12.9. The highest BCUT2D eigenvalue weighted by atomic mass is 19.4. The monoisotopic (exact) mass is 404 g/mol. The highest BCUT2D eigenvalue weighted by molar-refractivity contribution is 5.69. The normalized spacial score (nSPS) is 11.3. The van der Waals surface area contributed by atoms with Crippen LogP contribution >= 0.6 is 0 Å². The van der Waals surface area contributed by atoms with Crippen molar-refractivity contribution in [1.82, 2.24) is 14.8 Å². The Labute approximate surface area is 165 Å². The van der Waals surface area contributed by atoms with Gasteiger partial charge in [0.05, 0.1) is 24.8 Å². The van der Waals surface area contributed by atoms with Crippen LogP contribution in [-0.4, -0.2) is 27.8 Å². The zero-order chi connectivity index (χ0) is 21.0. The molecule has 0 radical (unpaired) electrons. The Morgan fingerprint density at radius 3 is 2.69 bits per heavy atom. The molecule has 0 unspecified atom stereocenters. The average molecular weight is 404 g/mol. The minimum Gasteiger partial charge on any atom is -0.469 e. The number of methoxy groups -OCH3 is 1. The molecule has 9 heteroatoms. The highest BCUT2D eigenvalue weighted by Gasteiger charge is 2.30. The molecule has 0 fully saturated rings. The van der Waals surface area contributed by atoms with Crippen molar-refractivity contribution >= 4 is 17.5 Å². The fourth-order valence-electron chi connectivity index (χ4n) is 2.80. The van der Waals surface area contributed by atoms with Crippen molar-refractivity contribution in [3.05, 3.63) is 65.6 Å². The molecule has 0 spiro atoms. The van der Waals surface area contributed by atoms with Gasteiger partial charge in [-0.2, -0.15) is 13.2 Å². The van der Waals surface area contributed by atoms with Gasteiger partial charge in [-0.15, -0.1) is 5.10 Å². The van der Waals surface area contributed by atoms with Gasteiger partial charge in [-0.25, -0.2) is 4.68 Å². The number of anilines is 2. The predicted molar refractivity (Wildman–Crippen MR) is 101 cm³/mol. The Kier molecular flexibility index (Phi) is 5.86. The molecule has 1 aromatic carbocycles. The van der Waals surface area contributed by atoms with Gasteiger partial charge in [0.25, 0.3) is 0 Å². The first kappa shape index (κ1) is 20.4. The van der Waals surface area contributed by atoms with Crippen molar-refractivity contribution in [2.75, 3.05) is 12.4 Å². The number of aryl methyl sites for hydroxylation is 2. The fourth-order valence-corrected chi connectivity index (χ4v) is 2.80. The van der Waals surface area contributed by atoms with E-state index < -0.39 is 11.7 Å². The molecule has 2 aromatic heterocycles. The molecule has 3 rings (SSSR count). The van der Waals surface area contributed by atoms with Crippen LogP contribution < -0.4 is 5.32 Å². The van der Waals surface area contributed by atoms with Crippen LogP contribution in [0.1, 0.15) is 23.4 Å². The molecule has 0 aliphatic carbocycles. The number of nitrogens with one attached hydrogen (secondary N) is 1. The molecule has 0 saturated carbocycles. The molecule has 0 bridgehead atoms. The summed E-state index contributed by atoms with van der Waals surface area (Å²) in [6.07, 6.45) is -2.30. The van der Waals surface area contributed by atoms with Gasteiger partial charge in [-0.3, -0.25) is 9.78 Å². The number of halogens is 3. The summed E-state index contributed by atoms with van der Waals surface area (Å²) in [5.74, 6) is -0.00491. The molecule has 0 atom stereocenters. The molecule has 3 aromatic rings. The molecule has 1 N–H and O–H groups in total. The summed E-state index contributed by atoms with van der Waals surface area (Å²) < 4.78 is 45.2. The molecule has 0 amide bonds. The second-order valence-corrected chi connectivity index (χ2v) is 6.37. The molecule has 2 heterocycles. The Bertz CT molecular complexity index is 1010. The van der Waals surface area contributed by atoms with E-state index in [-0.39, 0.29) is 18.1 Å². The van der Waals surface area contributed by atoms with Crippen LogP contribution in [0.25, 0.3) is 5.69 Å². The molecule has 6 nitrogen and oxygen atoms in total. The summed E-state index contributed by atoms with van der Waals surface area (Å²) in [5, 5.41) is 7.36. The van der Waals surface area contributed by atoms with E-state index in [0.717, 1.165) is 23.5 Å². The van der Waals surface area contributed by atoms with Crippen LogP contribution in [0.3, 0.4) is 0 Å². The van der Waals surface area contributed by atoms with E-state index in [1.165, 1.54) is 19.2 Å². The quantitative estimate of drug-likeness (QED) is 0.615. The molecule has 152 valence electrons. The summed E-state index contributed by atoms with van der Waals surface area (Å²) in [7, 11) is 1.31. The number of aromatic nitrogens is 3. The minimum atomic E-state index is -4.43. The summed E-state index contributed by atoms with van der Waals surface area (Å²) in [6, 6.07) is 10.2. The number of carbonyl (C=O) groups excluding carboxylic acids is 1. The van der Waals surface area contributed by atoms with Gasteiger partial charge in [0.15, 0.2) is 5.82 Å². The first-order valence-corrected chi connectivity index (χ1v) is 8.79. The lowest BCUT2D eigenvalue weighted by Crippen LogP contribution is -2.07. The number of benzene rings is 1. The topological polar surface area (TPSA) is 69.0 Å². The number of hydrogen-bond donors (Lipinski definition) is 1. The zero-order valence-electron chi connectivity index (χ0n) is 15.8. The van der Waals surface area contributed by atoms with E-state index in [0.29, 0.717) is 17.9 Å². The van der Waals surface area contributed by atoms with Crippen molar-refractivity contribution in [1.29, 1.82) is 0 Å².